The number of carboxylic acid groups (broad SMARTS) is 1. The highest BCUT2D eigenvalue weighted by Gasteiger charge is 2.41. The number of aromatic carboxylic acids is 1. The molecule has 5 rings (SSSR count). The Morgan fingerprint density at radius 2 is 1.57 bits per heavy atom. The molecular weight excluding hydrogens is 523 g/mol. The van der Waals surface area contributed by atoms with Gasteiger partial charge in [-0.1, -0.05) is 48.0 Å². The standard InChI is InChI=1S/C30H22F3N3O4/c1-19-9-13-21(14-10-19)40-22-15-11-20(12-16-22)18-39-26-7-3-2-5-23(26)25-6-4-8-27(35-25)36-28(30(31,32)33)24(17-34-36)29(37)38/h2-17H,18H2,1H3,(H,37,38). The van der Waals surface area contributed by atoms with E-state index >= 15 is 0 Å². The Kier molecular flexibility index (Phi) is 7.24. The molecular formula is C30H22F3N3O4. The van der Waals surface area contributed by atoms with Crippen molar-refractivity contribution in [3.8, 4) is 34.3 Å². The van der Waals surface area contributed by atoms with Crippen molar-refractivity contribution < 1.29 is 32.5 Å². The first kappa shape index (κ1) is 26.5. The van der Waals surface area contributed by atoms with Crippen LogP contribution in [0.5, 0.6) is 17.2 Å². The summed E-state index contributed by atoms with van der Waals surface area (Å²) in [5.41, 5.74) is 0.517. The fraction of sp³-hybridized carbons (Fsp3) is 0.100. The van der Waals surface area contributed by atoms with Crippen LogP contribution in [0.2, 0.25) is 0 Å². The Bertz CT molecular complexity index is 1650. The number of halogens is 3. The highest BCUT2D eigenvalue weighted by atomic mass is 19.4. The average Bonchev–Trinajstić information content (AvgIpc) is 3.41. The van der Waals surface area contributed by atoms with Crippen molar-refractivity contribution >= 4 is 5.97 Å². The second-order valence-electron chi connectivity index (χ2n) is 8.85. The molecule has 202 valence electrons. The van der Waals surface area contributed by atoms with Crippen molar-refractivity contribution in [1.29, 1.82) is 0 Å². The molecule has 2 heterocycles. The molecule has 0 amide bonds. The molecule has 1 N–H and O–H groups in total. The van der Waals surface area contributed by atoms with E-state index in [4.69, 9.17) is 9.47 Å². The normalized spacial score (nSPS) is 11.3. The summed E-state index contributed by atoms with van der Waals surface area (Å²) in [5.74, 6) is -0.0405. The molecule has 0 saturated carbocycles. The molecule has 0 fully saturated rings. The van der Waals surface area contributed by atoms with Gasteiger partial charge in [-0.3, -0.25) is 0 Å². The van der Waals surface area contributed by atoms with Gasteiger partial charge < -0.3 is 14.6 Å². The van der Waals surface area contributed by atoms with E-state index in [0.717, 1.165) is 16.9 Å². The van der Waals surface area contributed by atoms with Gasteiger partial charge in [0.05, 0.1) is 11.9 Å². The van der Waals surface area contributed by atoms with Gasteiger partial charge in [0.1, 0.15) is 29.4 Å². The number of aryl methyl sites for hydroxylation is 1. The third kappa shape index (κ3) is 5.80. The van der Waals surface area contributed by atoms with Crippen LogP contribution in [0.1, 0.15) is 27.2 Å². The summed E-state index contributed by atoms with van der Waals surface area (Å²) < 4.78 is 53.5. The predicted octanol–water partition coefficient (Wildman–Crippen LogP) is 7.33. The molecule has 0 bridgehead atoms. The molecule has 0 aliphatic rings. The number of carbonyl (C=O) groups is 1. The van der Waals surface area contributed by atoms with Gasteiger partial charge in [0.15, 0.2) is 11.5 Å². The van der Waals surface area contributed by atoms with Crippen LogP contribution in [0.4, 0.5) is 13.2 Å². The Morgan fingerprint density at radius 1 is 0.900 bits per heavy atom. The van der Waals surface area contributed by atoms with Crippen LogP contribution in [0, 0.1) is 6.92 Å². The number of para-hydroxylation sites is 1. The largest absolute Gasteiger partial charge is 0.488 e. The summed E-state index contributed by atoms with van der Waals surface area (Å²) >= 11 is 0. The van der Waals surface area contributed by atoms with E-state index in [1.807, 2.05) is 55.5 Å². The van der Waals surface area contributed by atoms with Crippen molar-refractivity contribution in [1.82, 2.24) is 14.8 Å². The first-order valence-electron chi connectivity index (χ1n) is 12.1. The summed E-state index contributed by atoms with van der Waals surface area (Å²) in [6, 6.07) is 26.6. The number of nitrogens with zero attached hydrogens (tertiary/aromatic N) is 3. The lowest BCUT2D eigenvalue weighted by Gasteiger charge is -2.14. The number of ether oxygens (including phenoxy) is 2. The van der Waals surface area contributed by atoms with Gasteiger partial charge in [0.2, 0.25) is 0 Å². The van der Waals surface area contributed by atoms with E-state index in [1.54, 1.807) is 30.3 Å². The van der Waals surface area contributed by atoms with Crippen molar-refractivity contribution in [2.75, 3.05) is 0 Å². The molecule has 5 aromatic rings. The van der Waals surface area contributed by atoms with Crippen molar-refractivity contribution in [3.63, 3.8) is 0 Å². The summed E-state index contributed by atoms with van der Waals surface area (Å²) in [5, 5.41) is 12.9. The molecule has 0 aliphatic carbocycles. The topological polar surface area (TPSA) is 86.5 Å². The molecule has 0 unspecified atom stereocenters. The van der Waals surface area contributed by atoms with Crippen molar-refractivity contribution in [2.45, 2.75) is 19.7 Å². The monoisotopic (exact) mass is 545 g/mol. The van der Waals surface area contributed by atoms with Crippen LogP contribution in [-0.4, -0.2) is 25.8 Å². The van der Waals surface area contributed by atoms with Gasteiger partial charge in [-0.05, 0) is 61.0 Å². The maximum atomic E-state index is 13.7. The number of alkyl halides is 3. The molecule has 0 atom stereocenters. The van der Waals surface area contributed by atoms with E-state index in [9.17, 15) is 23.1 Å². The van der Waals surface area contributed by atoms with Crippen LogP contribution in [0.3, 0.4) is 0 Å². The number of pyridine rings is 1. The quantitative estimate of drug-likeness (QED) is 0.220. The molecule has 7 nitrogen and oxygen atoms in total. The highest BCUT2D eigenvalue weighted by Crippen LogP contribution is 2.35. The zero-order chi connectivity index (χ0) is 28.3. The van der Waals surface area contributed by atoms with E-state index in [0.29, 0.717) is 33.6 Å². The first-order chi connectivity index (χ1) is 19.2. The van der Waals surface area contributed by atoms with Gasteiger partial charge >= 0.3 is 12.1 Å². The fourth-order valence-electron chi connectivity index (χ4n) is 4.00. The maximum absolute atomic E-state index is 13.7. The van der Waals surface area contributed by atoms with Crippen LogP contribution < -0.4 is 9.47 Å². The van der Waals surface area contributed by atoms with Gasteiger partial charge in [-0.2, -0.15) is 18.3 Å². The first-order valence-corrected chi connectivity index (χ1v) is 12.1. The fourth-order valence-corrected chi connectivity index (χ4v) is 4.00. The number of aromatic nitrogens is 3. The molecule has 3 aromatic carbocycles. The molecule has 0 spiro atoms. The highest BCUT2D eigenvalue weighted by molar-refractivity contribution is 5.89. The SMILES string of the molecule is Cc1ccc(Oc2ccc(COc3ccccc3-c3cccc(-n4ncc(C(=O)O)c4C(F)(F)F)n3)cc2)cc1. The molecule has 0 radical (unpaired) electrons. The molecule has 0 saturated heterocycles. The van der Waals surface area contributed by atoms with E-state index < -0.39 is 23.4 Å². The van der Waals surface area contributed by atoms with Gasteiger partial charge in [-0.15, -0.1) is 0 Å². The van der Waals surface area contributed by atoms with E-state index in [-0.39, 0.29) is 12.4 Å². The zero-order valence-corrected chi connectivity index (χ0v) is 21.1. The number of benzene rings is 3. The number of hydrogen-bond donors (Lipinski definition) is 1. The van der Waals surface area contributed by atoms with Crippen LogP contribution >= 0.6 is 0 Å². The van der Waals surface area contributed by atoms with E-state index in [1.165, 1.54) is 12.1 Å². The van der Waals surface area contributed by atoms with Crippen molar-refractivity contribution in [2.24, 2.45) is 0 Å². The third-order valence-electron chi connectivity index (χ3n) is 5.96. The lowest BCUT2D eigenvalue weighted by molar-refractivity contribution is -0.143. The summed E-state index contributed by atoms with van der Waals surface area (Å²) in [7, 11) is 0. The van der Waals surface area contributed by atoms with Gasteiger partial charge in [0, 0.05) is 5.56 Å². The zero-order valence-electron chi connectivity index (χ0n) is 21.1. The van der Waals surface area contributed by atoms with E-state index in [2.05, 4.69) is 10.1 Å². The lowest BCUT2D eigenvalue weighted by atomic mass is 10.1. The lowest BCUT2D eigenvalue weighted by Crippen LogP contribution is -2.18. The summed E-state index contributed by atoms with van der Waals surface area (Å²) in [4.78, 5) is 15.7. The smallest absolute Gasteiger partial charge is 0.434 e. The average molecular weight is 546 g/mol. The third-order valence-corrected chi connectivity index (χ3v) is 5.96. The van der Waals surface area contributed by atoms with Crippen LogP contribution in [0.15, 0.2) is 97.2 Å². The second kappa shape index (κ2) is 10.9. The van der Waals surface area contributed by atoms with Crippen molar-refractivity contribution in [3.05, 3.63) is 120 Å². The minimum atomic E-state index is -4.95. The number of rotatable bonds is 8. The van der Waals surface area contributed by atoms with Crippen LogP contribution in [-0.2, 0) is 12.8 Å². The minimum absolute atomic E-state index is 0.184. The summed E-state index contributed by atoms with van der Waals surface area (Å²) in [6.07, 6.45) is -4.29. The second-order valence-corrected chi connectivity index (χ2v) is 8.85. The Labute approximate surface area is 227 Å². The Balaban J connectivity index is 1.36. The number of hydrogen-bond acceptors (Lipinski definition) is 5. The van der Waals surface area contributed by atoms with Gasteiger partial charge in [-0.25, -0.2) is 14.5 Å². The number of carboxylic acids is 1. The molecule has 2 aromatic heterocycles. The molecule has 10 heteroatoms. The minimum Gasteiger partial charge on any atom is -0.488 e. The summed E-state index contributed by atoms with van der Waals surface area (Å²) in [6.45, 7) is 2.23. The van der Waals surface area contributed by atoms with Crippen LogP contribution in [0.25, 0.3) is 17.1 Å². The van der Waals surface area contributed by atoms with Gasteiger partial charge in [0.25, 0.3) is 0 Å². The maximum Gasteiger partial charge on any atom is 0.434 e. The Morgan fingerprint density at radius 3 is 2.25 bits per heavy atom. The predicted molar refractivity (Wildman–Crippen MR) is 141 cm³/mol. The molecule has 40 heavy (non-hydrogen) atoms. The Hall–Kier alpha value is -5.12. The molecule has 0 aliphatic heterocycles.